The molecule has 3 N–H and O–H groups in total. The molecule has 4 rings (SSSR count). The van der Waals surface area contributed by atoms with Gasteiger partial charge in [-0.25, -0.2) is 0 Å². The molecule has 7 heteroatoms. The van der Waals surface area contributed by atoms with E-state index in [0.717, 1.165) is 16.3 Å². The second kappa shape index (κ2) is 8.51. The summed E-state index contributed by atoms with van der Waals surface area (Å²) in [5.74, 6) is 0. The van der Waals surface area contributed by atoms with Gasteiger partial charge in [0.15, 0.2) is 0 Å². The lowest BCUT2D eigenvalue weighted by Crippen LogP contribution is -2.01. The first-order chi connectivity index (χ1) is 14.9. The minimum atomic E-state index is -4.55. The van der Waals surface area contributed by atoms with Crippen LogP contribution >= 0.6 is 0 Å². The number of hydrogen-bond donors (Lipinski definition) is 2. The number of rotatable bonds is 5. The zero-order chi connectivity index (χ0) is 21.8. The number of hydrogen-bond acceptors (Lipinski definition) is 5. The van der Waals surface area contributed by atoms with Gasteiger partial charge in [0.25, 0.3) is 10.1 Å². The molecule has 0 fully saturated rings. The first-order valence-electron chi connectivity index (χ1n) is 9.46. The first kappa shape index (κ1) is 20.5. The van der Waals surface area contributed by atoms with E-state index in [2.05, 4.69) is 10.2 Å². The highest BCUT2D eigenvalue weighted by Crippen LogP contribution is 2.34. The number of benzene rings is 4. The van der Waals surface area contributed by atoms with Crippen LogP contribution in [0.5, 0.6) is 0 Å². The Balaban J connectivity index is 1.79. The SMILES string of the molecule is Nc1ccc(N=Nc2cccc(C=Cc3ccccc3)c2S(=O)(=O)O)c2ccccc12. The summed E-state index contributed by atoms with van der Waals surface area (Å²) in [4.78, 5) is -0.300. The maximum atomic E-state index is 12.2. The lowest BCUT2D eigenvalue weighted by Gasteiger charge is -2.07. The molecule has 31 heavy (non-hydrogen) atoms. The molecule has 0 aliphatic rings. The van der Waals surface area contributed by atoms with Gasteiger partial charge in [0.2, 0.25) is 0 Å². The summed E-state index contributed by atoms with van der Waals surface area (Å²) >= 11 is 0. The largest absolute Gasteiger partial charge is 0.398 e. The van der Waals surface area contributed by atoms with E-state index < -0.39 is 10.1 Å². The van der Waals surface area contributed by atoms with Gasteiger partial charge in [-0.05, 0) is 29.3 Å². The molecule has 0 saturated heterocycles. The van der Waals surface area contributed by atoms with Gasteiger partial charge in [0, 0.05) is 16.5 Å². The van der Waals surface area contributed by atoms with Crippen LogP contribution < -0.4 is 5.73 Å². The third kappa shape index (κ3) is 4.53. The maximum Gasteiger partial charge on any atom is 0.297 e. The fraction of sp³-hybridized carbons (Fsp3) is 0. The van der Waals surface area contributed by atoms with Crippen LogP contribution in [0.1, 0.15) is 11.1 Å². The average Bonchev–Trinajstić information content (AvgIpc) is 2.77. The summed E-state index contributed by atoms with van der Waals surface area (Å²) in [7, 11) is -4.55. The molecular weight excluding hydrogens is 410 g/mol. The molecule has 0 spiro atoms. The van der Waals surface area contributed by atoms with Crippen LogP contribution in [0.15, 0.2) is 100 Å². The molecule has 6 nitrogen and oxygen atoms in total. The molecule has 0 radical (unpaired) electrons. The quantitative estimate of drug-likeness (QED) is 0.169. The van der Waals surface area contributed by atoms with Crippen molar-refractivity contribution in [2.75, 3.05) is 5.73 Å². The van der Waals surface area contributed by atoms with Crippen LogP contribution in [-0.2, 0) is 10.1 Å². The highest BCUT2D eigenvalue weighted by Gasteiger charge is 2.19. The van der Waals surface area contributed by atoms with Crippen LogP contribution in [0.4, 0.5) is 17.1 Å². The van der Waals surface area contributed by atoms with Crippen LogP contribution in [-0.4, -0.2) is 13.0 Å². The average molecular weight is 430 g/mol. The number of fused-ring (bicyclic) bond motifs is 1. The monoisotopic (exact) mass is 429 g/mol. The predicted molar refractivity (Wildman–Crippen MR) is 124 cm³/mol. The van der Waals surface area contributed by atoms with Gasteiger partial charge in [-0.15, -0.1) is 10.2 Å². The molecule has 0 aromatic heterocycles. The molecule has 0 unspecified atom stereocenters. The van der Waals surface area contributed by atoms with Crippen LogP contribution in [0.25, 0.3) is 22.9 Å². The molecule has 0 saturated carbocycles. The Bertz CT molecular complexity index is 1410. The summed E-state index contributed by atoms with van der Waals surface area (Å²) in [6, 6.07) is 25.1. The molecule has 0 bridgehead atoms. The highest BCUT2D eigenvalue weighted by atomic mass is 32.2. The molecule has 154 valence electrons. The topological polar surface area (TPSA) is 105 Å². The molecular formula is C24H19N3O3S. The van der Waals surface area contributed by atoms with Crippen molar-refractivity contribution in [3.8, 4) is 0 Å². The zero-order valence-corrected chi connectivity index (χ0v) is 17.2. The first-order valence-corrected chi connectivity index (χ1v) is 10.9. The molecule has 0 aliphatic heterocycles. The van der Waals surface area contributed by atoms with Crippen molar-refractivity contribution in [3.63, 3.8) is 0 Å². The molecule has 4 aromatic rings. The Labute approximate surface area is 180 Å². The van der Waals surface area contributed by atoms with E-state index in [1.165, 1.54) is 6.07 Å². The van der Waals surface area contributed by atoms with Gasteiger partial charge >= 0.3 is 0 Å². The minimum absolute atomic E-state index is 0.0404. The van der Waals surface area contributed by atoms with Gasteiger partial charge < -0.3 is 5.73 Å². The maximum absolute atomic E-state index is 12.2. The second-order valence-corrected chi connectivity index (χ2v) is 8.19. The lowest BCUT2D eigenvalue weighted by molar-refractivity contribution is 0.483. The van der Waals surface area contributed by atoms with E-state index in [4.69, 9.17) is 5.73 Å². The van der Waals surface area contributed by atoms with Crippen LogP contribution in [0.2, 0.25) is 0 Å². The summed E-state index contributed by atoms with van der Waals surface area (Å²) in [5.41, 5.74) is 8.42. The minimum Gasteiger partial charge on any atom is -0.398 e. The Hall–Kier alpha value is -3.81. The van der Waals surface area contributed by atoms with Crippen molar-refractivity contribution in [1.29, 1.82) is 0 Å². The Morgan fingerprint density at radius 3 is 2.13 bits per heavy atom. The summed E-state index contributed by atoms with van der Waals surface area (Å²) < 4.78 is 34.2. The third-order valence-electron chi connectivity index (χ3n) is 4.74. The standard InChI is InChI=1S/C24H19N3O3S/c25-21-15-16-22(20-11-5-4-10-19(20)21)26-27-23-12-6-9-18(24(23)31(28,29)30)14-13-17-7-2-1-3-8-17/h1-16H,25H2,(H,28,29,30). The van der Waals surface area contributed by atoms with E-state index >= 15 is 0 Å². The van der Waals surface area contributed by atoms with Gasteiger partial charge in [-0.2, -0.15) is 8.42 Å². The van der Waals surface area contributed by atoms with E-state index in [-0.39, 0.29) is 10.6 Å². The Kier molecular flexibility index (Phi) is 5.62. The van der Waals surface area contributed by atoms with Gasteiger partial charge in [-0.3, -0.25) is 4.55 Å². The molecule has 0 amide bonds. The predicted octanol–water partition coefficient (Wildman–Crippen LogP) is 6.25. The molecule has 0 atom stereocenters. The van der Waals surface area contributed by atoms with E-state index in [9.17, 15) is 13.0 Å². The summed E-state index contributed by atoms with van der Waals surface area (Å²) in [6.45, 7) is 0. The number of nitrogens with two attached hydrogens (primary N) is 1. The van der Waals surface area contributed by atoms with E-state index in [1.54, 1.807) is 36.4 Å². The number of azo groups is 1. The summed E-state index contributed by atoms with van der Waals surface area (Å²) in [6.07, 6.45) is 3.38. The van der Waals surface area contributed by atoms with Crippen LogP contribution in [0.3, 0.4) is 0 Å². The van der Waals surface area contributed by atoms with Crippen molar-refractivity contribution in [1.82, 2.24) is 0 Å². The normalized spacial score (nSPS) is 12.2. The number of nitrogens with zero attached hydrogens (tertiary/aromatic N) is 2. The van der Waals surface area contributed by atoms with Crippen molar-refractivity contribution >= 4 is 50.1 Å². The fourth-order valence-corrected chi connectivity index (χ4v) is 4.09. The van der Waals surface area contributed by atoms with Gasteiger partial charge in [-0.1, -0.05) is 78.9 Å². The van der Waals surface area contributed by atoms with Crippen molar-refractivity contribution in [3.05, 3.63) is 96.1 Å². The number of anilines is 1. The van der Waals surface area contributed by atoms with Gasteiger partial charge in [0.05, 0.1) is 5.69 Å². The number of nitrogen functional groups attached to an aromatic ring is 1. The fourth-order valence-electron chi connectivity index (χ4n) is 3.28. The third-order valence-corrected chi connectivity index (χ3v) is 5.70. The highest BCUT2D eigenvalue weighted by molar-refractivity contribution is 7.86. The molecule has 0 heterocycles. The molecule has 4 aromatic carbocycles. The Morgan fingerprint density at radius 1 is 0.710 bits per heavy atom. The lowest BCUT2D eigenvalue weighted by atomic mass is 10.1. The Morgan fingerprint density at radius 2 is 1.39 bits per heavy atom. The zero-order valence-electron chi connectivity index (χ0n) is 16.4. The summed E-state index contributed by atoms with van der Waals surface area (Å²) in [5, 5.41) is 10.0. The van der Waals surface area contributed by atoms with Crippen molar-refractivity contribution in [2.24, 2.45) is 10.2 Å². The smallest absolute Gasteiger partial charge is 0.297 e. The van der Waals surface area contributed by atoms with Crippen molar-refractivity contribution in [2.45, 2.75) is 4.90 Å². The second-order valence-electron chi connectivity index (χ2n) is 6.83. The molecule has 0 aliphatic carbocycles. The van der Waals surface area contributed by atoms with E-state index in [1.807, 2.05) is 54.6 Å². The van der Waals surface area contributed by atoms with E-state index in [0.29, 0.717) is 16.9 Å². The van der Waals surface area contributed by atoms with Gasteiger partial charge in [0.1, 0.15) is 10.6 Å². The van der Waals surface area contributed by atoms with Crippen LogP contribution in [0, 0.1) is 0 Å². The van der Waals surface area contributed by atoms with Crippen molar-refractivity contribution < 1.29 is 13.0 Å².